The van der Waals surface area contributed by atoms with E-state index in [1.807, 2.05) is 6.07 Å². The van der Waals surface area contributed by atoms with Crippen LogP contribution in [0.3, 0.4) is 0 Å². The fourth-order valence-electron chi connectivity index (χ4n) is 2.95. The number of para-hydroxylation sites is 2. The highest BCUT2D eigenvalue weighted by molar-refractivity contribution is 7.92. The molecular weight excluding hydrogens is 445 g/mol. The van der Waals surface area contributed by atoms with Crippen LogP contribution in [0.2, 0.25) is 0 Å². The Labute approximate surface area is 180 Å². The second kappa shape index (κ2) is 8.00. The van der Waals surface area contributed by atoms with Gasteiger partial charge >= 0.3 is 6.18 Å². The number of sulfonamides is 1. The predicted molar refractivity (Wildman–Crippen MR) is 113 cm³/mol. The fourth-order valence-corrected chi connectivity index (χ4v) is 4.00. The Morgan fingerprint density at radius 2 is 1.66 bits per heavy atom. The number of nitrogens with zero attached hydrogens (tertiary/aromatic N) is 1. The first-order valence-corrected chi connectivity index (χ1v) is 10.7. The average Bonchev–Trinajstić information content (AvgIpc) is 3.15. The Bertz CT molecular complexity index is 1360. The summed E-state index contributed by atoms with van der Waals surface area (Å²) in [6.07, 6.45) is -4.60. The molecule has 3 N–H and O–H groups in total. The Kier molecular flexibility index (Phi) is 5.35. The molecule has 3 aromatic carbocycles. The van der Waals surface area contributed by atoms with Gasteiger partial charge in [0.1, 0.15) is 0 Å². The number of aromatic nitrogens is 2. The zero-order valence-electron chi connectivity index (χ0n) is 16.1. The van der Waals surface area contributed by atoms with Crippen molar-refractivity contribution in [2.24, 2.45) is 0 Å². The number of hydrogen-bond acceptors (Lipinski definition) is 4. The van der Waals surface area contributed by atoms with Crippen LogP contribution < -0.4 is 10.0 Å². The van der Waals surface area contributed by atoms with Crippen LogP contribution in [-0.2, 0) is 16.2 Å². The minimum absolute atomic E-state index is 0.170. The number of rotatable bonds is 5. The summed E-state index contributed by atoms with van der Waals surface area (Å²) in [6, 6.07) is 16.0. The van der Waals surface area contributed by atoms with Crippen LogP contribution in [-0.4, -0.2) is 24.3 Å². The molecule has 4 rings (SSSR count). The van der Waals surface area contributed by atoms with Crippen molar-refractivity contribution in [3.8, 4) is 0 Å². The van der Waals surface area contributed by atoms with E-state index in [2.05, 4.69) is 20.0 Å². The lowest BCUT2D eigenvalue weighted by atomic mass is 10.2. The van der Waals surface area contributed by atoms with E-state index < -0.39 is 27.7 Å². The summed E-state index contributed by atoms with van der Waals surface area (Å²) in [5.41, 5.74) is 0.375. The van der Waals surface area contributed by atoms with Crippen molar-refractivity contribution in [1.82, 2.24) is 9.97 Å². The topological polar surface area (TPSA) is 104 Å². The number of nitrogens with one attached hydrogen (secondary N) is 3. The van der Waals surface area contributed by atoms with Gasteiger partial charge in [0.05, 0.1) is 21.5 Å². The van der Waals surface area contributed by atoms with Crippen LogP contribution in [0.4, 0.5) is 24.8 Å². The number of aromatic amines is 1. The molecule has 11 heteroatoms. The van der Waals surface area contributed by atoms with Crippen LogP contribution in [0, 0.1) is 0 Å². The normalized spacial score (nSPS) is 12.0. The van der Waals surface area contributed by atoms with Gasteiger partial charge in [0, 0.05) is 11.3 Å². The van der Waals surface area contributed by atoms with E-state index in [1.165, 1.54) is 30.3 Å². The van der Waals surface area contributed by atoms with Gasteiger partial charge in [0.25, 0.3) is 15.9 Å². The highest BCUT2D eigenvalue weighted by Gasteiger charge is 2.30. The third-order valence-corrected chi connectivity index (χ3v) is 5.89. The molecule has 0 radical (unpaired) electrons. The van der Waals surface area contributed by atoms with Crippen molar-refractivity contribution >= 4 is 38.6 Å². The molecule has 0 unspecified atom stereocenters. The first kappa shape index (κ1) is 21.4. The molecule has 4 aromatic rings. The number of benzene rings is 3. The number of alkyl halides is 3. The Hall–Kier alpha value is -3.86. The lowest BCUT2D eigenvalue weighted by Gasteiger charge is -2.11. The van der Waals surface area contributed by atoms with Gasteiger partial charge in [-0.15, -0.1) is 0 Å². The second-order valence-corrected chi connectivity index (χ2v) is 8.45. The van der Waals surface area contributed by atoms with Crippen LogP contribution in [0.25, 0.3) is 11.0 Å². The minimum atomic E-state index is -4.60. The number of anilines is 2. The van der Waals surface area contributed by atoms with Gasteiger partial charge in [-0.05, 0) is 54.6 Å². The van der Waals surface area contributed by atoms with Crippen LogP contribution in [0.15, 0.2) is 77.7 Å². The third kappa shape index (κ3) is 4.57. The maximum atomic E-state index is 12.8. The summed E-state index contributed by atoms with van der Waals surface area (Å²) in [4.78, 5) is 19.4. The molecule has 164 valence electrons. The number of amides is 1. The first-order valence-electron chi connectivity index (χ1n) is 9.18. The summed E-state index contributed by atoms with van der Waals surface area (Å²) in [6.45, 7) is 0. The number of carbonyl (C=O) groups is 1. The standard InChI is InChI=1S/C21H15F3N4O3S/c22-21(23,24)14-4-3-5-15(12-14)28-32(30,31)16-10-8-13(9-11-16)19(29)27-20-25-17-6-1-2-7-18(17)26-20/h1-12,28H,(H2,25,26,27,29). The average molecular weight is 460 g/mol. The van der Waals surface area contributed by atoms with Gasteiger partial charge in [-0.2, -0.15) is 13.2 Å². The van der Waals surface area contributed by atoms with Crippen molar-refractivity contribution in [3.63, 3.8) is 0 Å². The molecule has 0 spiro atoms. The minimum Gasteiger partial charge on any atom is -0.324 e. The molecule has 0 aliphatic carbocycles. The molecular formula is C21H15F3N4O3S. The maximum absolute atomic E-state index is 12.8. The number of halogens is 3. The van der Waals surface area contributed by atoms with E-state index in [9.17, 15) is 26.4 Å². The van der Waals surface area contributed by atoms with E-state index in [0.29, 0.717) is 11.6 Å². The Morgan fingerprint density at radius 1 is 0.938 bits per heavy atom. The van der Waals surface area contributed by atoms with Crippen molar-refractivity contribution in [1.29, 1.82) is 0 Å². The lowest BCUT2D eigenvalue weighted by molar-refractivity contribution is -0.137. The number of H-pyrrole nitrogens is 1. The quantitative estimate of drug-likeness (QED) is 0.404. The molecule has 0 aliphatic rings. The molecule has 1 aromatic heterocycles. The Morgan fingerprint density at radius 3 is 2.34 bits per heavy atom. The molecule has 32 heavy (non-hydrogen) atoms. The Balaban J connectivity index is 1.49. The molecule has 0 bridgehead atoms. The second-order valence-electron chi connectivity index (χ2n) is 6.77. The summed E-state index contributed by atoms with van der Waals surface area (Å²) < 4.78 is 65.7. The fraction of sp³-hybridized carbons (Fsp3) is 0.0476. The van der Waals surface area contributed by atoms with E-state index in [-0.39, 0.29) is 22.1 Å². The number of carbonyl (C=O) groups excluding carboxylic acids is 1. The largest absolute Gasteiger partial charge is 0.416 e. The van der Waals surface area contributed by atoms with Crippen LogP contribution >= 0.6 is 0 Å². The number of imidazole rings is 1. The lowest BCUT2D eigenvalue weighted by Crippen LogP contribution is -2.15. The van der Waals surface area contributed by atoms with E-state index in [0.717, 1.165) is 17.6 Å². The van der Waals surface area contributed by atoms with Gasteiger partial charge in [-0.25, -0.2) is 13.4 Å². The SMILES string of the molecule is O=C(Nc1nc2ccccc2[nH]1)c1ccc(S(=O)(=O)Nc2cccc(C(F)(F)F)c2)cc1. The maximum Gasteiger partial charge on any atom is 0.416 e. The molecule has 0 aliphatic heterocycles. The molecule has 1 heterocycles. The molecule has 0 saturated heterocycles. The van der Waals surface area contributed by atoms with Crippen LogP contribution in [0.5, 0.6) is 0 Å². The van der Waals surface area contributed by atoms with Gasteiger partial charge in [-0.1, -0.05) is 18.2 Å². The monoisotopic (exact) mass is 460 g/mol. The highest BCUT2D eigenvalue weighted by Crippen LogP contribution is 2.31. The zero-order chi connectivity index (χ0) is 22.9. The molecule has 7 nitrogen and oxygen atoms in total. The number of hydrogen-bond donors (Lipinski definition) is 3. The summed E-state index contributed by atoms with van der Waals surface area (Å²) in [5.74, 6) is -0.280. The summed E-state index contributed by atoms with van der Waals surface area (Å²) in [7, 11) is -4.16. The first-order chi connectivity index (χ1) is 15.1. The van der Waals surface area contributed by atoms with Gasteiger partial charge in [0.2, 0.25) is 5.95 Å². The van der Waals surface area contributed by atoms with Gasteiger partial charge in [0.15, 0.2) is 0 Å². The van der Waals surface area contributed by atoms with Crippen molar-refractivity contribution in [2.45, 2.75) is 11.1 Å². The van der Waals surface area contributed by atoms with Gasteiger partial charge in [-0.3, -0.25) is 14.8 Å². The smallest absolute Gasteiger partial charge is 0.324 e. The van der Waals surface area contributed by atoms with Crippen molar-refractivity contribution < 1.29 is 26.4 Å². The number of fused-ring (bicyclic) bond motifs is 1. The van der Waals surface area contributed by atoms with Crippen LogP contribution in [0.1, 0.15) is 15.9 Å². The molecule has 0 atom stereocenters. The van der Waals surface area contributed by atoms with Crippen molar-refractivity contribution in [3.05, 3.63) is 83.9 Å². The predicted octanol–water partition coefficient (Wildman–Crippen LogP) is 4.63. The van der Waals surface area contributed by atoms with E-state index >= 15 is 0 Å². The van der Waals surface area contributed by atoms with Crippen molar-refractivity contribution in [2.75, 3.05) is 10.0 Å². The van der Waals surface area contributed by atoms with E-state index in [1.54, 1.807) is 18.2 Å². The van der Waals surface area contributed by atoms with E-state index in [4.69, 9.17) is 0 Å². The molecule has 0 fully saturated rings. The summed E-state index contributed by atoms with van der Waals surface area (Å²) in [5, 5.41) is 2.59. The highest BCUT2D eigenvalue weighted by atomic mass is 32.2. The third-order valence-electron chi connectivity index (χ3n) is 4.49. The molecule has 1 amide bonds. The zero-order valence-corrected chi connectivity index (χ0v) is 17.0. The molecule has 0 saturated carbocycles. The summed E-state index contributed by atoms with van der Waals surface area (Å²) >= 11 is 0. The van der Waals surface area contributed by atoms with Gasteiger partial charge < -0.3 is 4.98 Å².